The molecule has 0 aromatic carbocycles. The van der Waals surface area contributed by atoms with Gasteiger partial charge in [0.15, 0.2) is 6.10 Å². The van der Waals surface area contributed by atoms with E-state index in [1.54, 1.807) is 0 Å². The predicted molar refractivity (Wildman–Crippen MR) is 200 cm³/mol. The van der Waals surface area contributed by atoms with Crippen LogP contribution in [0.2, 0.25) is 0 Å². The number of hydrogen-bond donors (Lipinski definition) is 3. The molecule has 0 rings (SSSR count). The quantitative estimate of drug-likeness (QED) is 0.0242. The first-order valence-electron chi connectivity index (χ1n) is 20.5. The van der Waals surface area contributed by atoms with Gasteiger partial charge in [-0.3, -0.25) is 14.1 Å². The van der Waals surface area contributed by atoms with Gasteiger partial charge < -0.3 is 24.6 Å². The minimum Gasteiger partial charge on any atom is -0.462 e. The molecule has 0 saturated heterocycles. The Hall–Kier alpha value is -1.03. The Labute approximate surface area is 305 Å². The molecular weight excluding hydrogens is 659 g/mol. The van der Waals surface area contributed by atoms with Crippen molar-refractivity contribution in [1.82, 2.24) is 0 Å². The zero-order valence-corrected chi connectivity index (χ0v) is 33.2. The van der Waals surface area contributed by atoms with Gasteiger partial charge in [-0.1, -0.05) is 175 Å². The number of unbranched alkanes of at least 4 members (excludes halogenated alkanes) is 24. The summed E-state index contributed by atoms with van der Waals surface area (Å²) in [6.07, 6.45) is 28.5. The van der Waals surface area contributed by atoms with Crippen molar-refractivity contribution in [2.75, 3.05) is 13.2 Å². The van der Waals surface area contributed by atoms with Gasteiger partial charge in [0.05, 0.1) is 6.61 Å². The number of phosphoric acid groups is 1. The highest BCUT2D eigenvalue weighted by atomic mass is 31.2. The van der Waals surface area contributed by atoms with Gasteiger partial charge in [0.25, 0.3) is 5.97 Å². The maximum Gasteiger partial charge on any atom is 0.476 e. The number of carbonyl (C=O) groups excluding carboxylic acids is 2. The van der Waals surface area contributed by atoms with Gasteiger partial charge in [0.2, 0.25) is 0 Å². The van der Waals surface area contributed by atoms with E-state index in [1.807, 2.05) is 0 Å². The van der Waals surface area contributed by atoms with Crippen molar-refractivity contribution >= 4 is 19.8 Å². The number of esters is 2. The van der Waals surface area contributed by atoms with Crippen molar-refractivity contribution in [3.8, 4) is 0 Å². The lowest BCUT2D eigenvalue weighted by Gasteiger charge is -2.25. The van der Waals surface area contributed by atoms with Crippen LogP contribution in [-0.4, -0.2) is 52.3 Å². The van der Waals surface area contributed by atoms with E-state index in [1.165, 1.54) is 89.9 Å². The molecule has 0 saturated carbocycles. The van der Waals surface area contributed by atoms with E-state index in [0.717, 1.165) is 64.2 Å². The molecule has 0 aliphatic carbocycles. The van der Waals surface area contributed by atoms with E-state index in [0.29, 0.717) is 19.3 Å². The van der Waals surface area contributed by atoms with Crippen LogP contribution in [-0.2, 0) is 32.7 Å². The van der Waals surface area contributed by atoms with Crippen LogP contribution in [0.25, 0.3) is 0 Å². The van der Waals surface area contributed by atoms with Crippen molar-refractivity contribution in [2.45, 2.75) is 225 Å². The summed E-state index contributed by atoms with van der Waals surface area (Å²) >= 11 is 0. The molecule has 0 amide bonds. The molecule has 0 bridgehead atoms. The van der Waals surface area contributed by atoms with Crippen LogP contribution in [0.4, 0.5) is 0 Å². The molecule has 298 valence electrons. The van der Waals surface area contributed by atoms with Gasteiger partial charge in [-0.05, 0) is 19.3 Å². The van der Waals surface area contributed by atoms with Crippen LogP contribution >= 0.6 is 7.82 Å². The predicted octanol–water partition coefficient (Wildman–Crippen LogP) is 11.0. The zero-order valence-electron chi connectivity index (χ0n) is 32.4. The first-order chi connectivity index (χ1) is 24.0. The Balaban J connectivity index is 4.65. The summed E-state index contributed by atoms with van der Waals surface area (Å²) < 4.78 is 33.0. The Kier molecular flexibility index (Phi) is 33.1. The number of carbonyl (C=O) groups is 2. The lowest BCUT2D eigenvalue weighted by atomic mass is 10.1. The van der Waals surface area contributed by atoms with Crippen molar-refractivity contribution in [1.29, 1.82) is 0 Å². The summed E-state index contributed by atoms with van der Waals surface area (Å²) in [5.74, 6) is -3.81. The average molecular weight is 737 g/mol. The second-order valence-electron chi connectivity index (χ2n) is 14.1. The SMILES string of the molecule is CCCCCCCCCCCCCC(=O)OC[C@H](COP(=O)(O)OC(O)(O)CCCCCCC)OC(=O)CCCCCCCCCCCCC. The monoisotopic (exact) mass is 737 g/mol. The lowest BCUT2D eigenvalue weighted by Crippen LogP contribution is -2.32. The molecular formula is C39H77O10P. The van der Waals surface area contributed by atoms with Gasteiger partial charge in [-0.2, -0.15) is 0 Å². The van der Waals surface area contributed by atoms with Gasteiger partial charge in [-0.15, -0.1) is 0 Å². The second kappa shape index (κ2) is 33.8. The van der Waals surface area contributed by atoms with Crippen LogP contribution in [0.5, 0.6) is 0 Å². The molecule has 0 radical (unpaired) electrons. The molecule has 0 aromatic rings. The molecule has 0 heterocycles. The normalized spacial score (nSPS) is 13.6. The largest absolute Gasteiger partial charge is 0.476 e. The maximum atomic E-state index is 12.6. The third-order valence-electron chi connectivity index (χ3n) is 8.99. The minimum absolute atomic E-state index is 0.169. The third kappa shape index (κ3) is 34.1. The zero-order chi connectivity index (χ0) is 37.2. The summed E-state index contributed by atoms with van der Waals surface area (Å²) in [5.41, 5.74) is 0. The molecule has 0 fully saturated rings. The van der Waals surface area contributed by atoms with E-state index < -0.39 is 38.4 Å². The van der Waals surface area contributed by atoms with Crippen LogP contribution in [0.15, 0.2) is 0 Å². The summed E-state index contributed by atoms with van der Waals surface area (Å²) in [6, 6.07) is 0. The molecule has 0 aliphatic heterocycles. The van der Waals surface area contributed by atoms with E-state index in [9.17, 15) is 29.3 Å². The van der Waals surface area contributed by atoms with Crippen LogP contribution < -0.4 is 0 Å². The highest BCUT2D eigenvalue weighted by Crippen LogP contribution is 2.47. The average Bonchev–Trinajstić information content (AvgIpc) is 3.06. The number of phosphoric ester groups is 1. The molecule has 11 heteroatoms. The van der Waals surface area contributed by atoms with Crippen LogP contribution in [0.1, 0.15) is 213 Å². The molecule has 10 nitrogen and oxygen atoms in total. The van der Waals surface area contributed by atoms with E-state index in [4.69, 9.17) is 14.0 Å². The fourth-order valence-electron chi connectivity index (χ4n) is 5.88. The highest BCUT2D eigenvalue weighted by molar-refractivity contribution is 7.47. The first kappa shape index (κ1) is 49.0. The van der Waals surface area contributed by atoms with Gasteiger partial charge in [-0.25, -0.2) is 9.09 Å². The molecule has 1 unspecified atom stereocenters. The third-order valence-corrected chi connectivity index (χ3v) is 9.99. The molecule has 2 atom stereocenters. The Morgan fingerprint density at radius 3 is 1.32 bits per heavy atom. The Bertz CT molecular complexity index is 838. The standard InChI is InChI=1S/C39H77O10P/c1-4-7-10-13-15-17-19-21-23-25-28-31-37(40)46-34-36(35-47-50(44,45)49-39(42,43)33-30-27-12-9-6-3)48-38(41)32-29-26-24-22-20-18-16-14-11-8-5-2/h36,42-43H,4-35H2,1-3H3,(H,44,45)/t36-/m1/s1. The van der Waals surface area contributed by atoms with Crippen molar-refractivity contribution in [3.63, 3.8) is 0 Å². The summed E-state index contributed by atoms with van der Waals surface area (Å²) in [4.78, 5) is 35.2. The fraction of sp³-hybridized carbons (Fsp3) is 0.949. The number of aliphatic hydroxyl groups is 2. The maximum absolute atomic E-state index is 12.6. The van der Waals surface area contributed by atoms with Gasteiger partial charge >= 0.3 is 19.8 Å². The van der Waals surface area contributed by atoms with Crippen LogP contribution in [0, 0.1) is 0 Å². The summed E-state index contributed by atoms with van der Waals surface area (Å²) in [6.45, 7) is 5.55. The molecule has 0 spiro atoms. The van der Waals surface area contributed by atoms with E-state index in [-0.39, 0.29) is 25.9 Å². The minimum atomic E-state index is -4.94. The topological polar surface area (TPSA) is 149 Å². The van der Waals surface area contributed by atoms with Gasteiger partial charge in [0.1, 0.15) is 6.61 Å². The smallest absolute Gasteiger partial charge is 0.462 e. The van der Waals surface area contributed by atoms with E-state index >= 15 is 0 Å². The number of ether oxygens (including phenoxy) is 2. The summed E-state index contributed by atoms with van der Waals surface area (Å²) in [5, 5.41) is 20.2. The van der Waals surface area contributed by atoms with Crippen LogP contribution in [0.3, 0.4) is 0 Å². The summed E-state index contributed by atoms with van der Waals surface area (Å²) in [7, 11) is -4.94. The number of hydrogen-bond acceptors (Lipinski definition) is 9. The van der Waals surface area contributed by atoms with Gasteiger partial charge in [0, 0.05) is 19.3 Å². The second-order valence-corrected chi connectivity index (χ2v) is 15.5. The Morgan fingerprint density at radius 1 is 0.540 bits per heavy atom. The fourth-order valence-corrected chi connectivity index (χ4v) is 6.75. The van der Waals surface area contributed by atoms with E-state index in [2.05, 4.69) is 25.3 Å². The Morgan fingerprint density at radius 2 is 0.900 bits per heavy atom. The first-order valence-corrected chi connectivity index (χ1v) is 22.0. The van der Waals surface area contributed by atoms with Crippen molar-refractivity contribution in [3.05, 3.63) is 0 Å². The lowest BCUT2D eigenvalue weighted by molar-refractivity contribution is -0.303. The number of rotatable bonds is 38. The molecule has 0 aromatic heterocycles. The van der Waals surface area contributed by atoms with Crippen molar-refractivity contribution < 1.29 is 47.8 Å². The van der Waals surface area contributed by atoms with Crippen molar-refractivity contribution in [2.24, 2.45) is 0 Å². The molecule has 3 N–H and O–H groups in total. The molecule has 50 heavy (non-hydrogen) atoms. The highest BCUT2D eigenvalue weighted by Gasteiger charge is 2.37. The molecule has 0 aliphatic rings.